The van der Waals surface area contributed by atoms with Crippen molar-refractivity contribution in [3.8, 4) is 5.75 Å². The van der Waals surface area contributed by atoms with E-state index in [-0.39, 0.29) is 11.3 Å². The van der Waals surface area contributed by atoms with Crippen molar-refractivity contribution in [3.05, 3.63) is 100 Å². The van der Waals surface area contributed by atoms with Gasteiger partial charge in [0, 0.05) is 46.0 Å². The van der Waals surface area contributed by atoms with Crippen LogP contribution >= 0.6 is 11.6 Å². The summed E-state index contributed by atoms with van der Waals surface area (Å²) in [6.07, 6.45) is 3.62. The van der Waals surface area contributed by atoms with Crippen LogP contribution in [0.4, 0.5) is 5.69 Å². The van der Waals surface area contributed by atoms with Gasteiger partial charge in [-0.05, 0) is 66.9 Å². The molecule has 180 valence electrons. The number of halogens is 1. The van der Waals surface area contributed by atoms with Crippen LogP contribution < -0.4 is 9.64 Å². The number of aryl methyl sites for hydroxylation is 2. The maximum atomic E-state index is 13.5. The van der Waals surface area contributed by atoms with Crippen molar-refractivity contribution in [2.75, 3.05) is 11.5 Å². The van der Waals surface area contributed by atoms with Crippen LogP contribution in [-0.2, 0) is 23.1 Å². The van der Waals surface area contributed by atoms with Crippen molar-refractivity contribution in [2.45, 2.75) is 18.9 Å². The highest BCUT2D eigenvalue weighted by molar-refractivity contribution is 6.52. The number of carbonyl (C=O) groups excluding carboxylic acids is 2. The number of ether oxygens (including phenoxy) is 1. The minimum absolute atomic E-state index is 0.0583. The largest absolute Gasteiger partial charge is 0.507 e. The molecular weight excluding hydrogens is 476 g/mol. The lowest BCUT2D eigenvalue weighted by Crippen LogP contribution is -2.29. The number of para-hydroxylation sites is 1. The van der Waals surface area contributed by atoms with Crippen LogP contribution in [0.25, 0.3) is 16.7 Å². The summed E-state index contributed by atoms with van der Waals surface area (Å²) in [5.41, 5.74) is 3.75. The molecule has 0 aliphatic carbocycles. The van der Waals surface area contributed by atoms with E-state index in [2.05, 4.69) is 0 Å². The smallest absolute Gasteiger partial charge is 0.300 e. The molecule has 1 fully saturated rings. The lowest BCUT2D eigenvalue weighted by atomic mass is 9.93. The first-order valence-electron chi connectivity index (χ1n) is 11.8. The van der Waals surface area contributed by atoms with Crippen LogP contribution in [0.5, 0.6) is 5.75 Å². The fourth-order valence-corrected chi connectivity index (χ4v) is 5.37. The Labute approximate surface area is 213 Å². The first kappa shape index (κ1) is 22.4. The number of aliphatic hydroxyl groups is 1. The summed E-state index contributed by atoms with van der Waals surface area (Å²) in [4.78, 5) is 28.4. The fourth-order valence-electron chi connectivity index (χ4n) is 5.25. The SMILES string of the molecule is Cn1cc(C2/C(=C(\O)c3ccc4c(c3)CCCO4)C(=O)C(=O)N2c2ccc(Cl)cc2)c2ccccc21. The summed E-state index contributed by atoms with van der Waals surface area (Å²) in [5, 5.41) is 13.0. The Bertz CT molecular complexity index is 1570. The second kappa shape index (κ2) is 8.57. The average Bonchev–Trinajstić information content (AvgIpc) is 3.37. The molecule has 3 aromatic carbocycles. The summed E-state index contributed by atoms with van der Waals surface area (Å²) < 4.78 is 7.67. The Balaban J connectivity index is 1.59. The molecule has 2 aliphatic heterocycles. The summed E-state index contributed by atoms with van der Waals surface area (Å²) in [5.74, 6) is -0.839. The molecule has 3 heterocycles. The molecule has 0 saturated carbocycles. The predicted octanol–water partition coefficient (Wildman–Crippen LogP) is 5.78. The lowest BCUT2D eigenvalue weighted by molar-refractivity contribution is -0.132. The molecule has 0 radical (unpaired) electrons. The van der Waals surface area contributed by atoms with Gasteiger partial charge < -0.3 is 14.4 Å². The van der Waals surface area contributed by atoms with Gasteiger partial charge in [0.25, 0.3) is 11.7 Å². The molecule has 1 N–H and O–H groups in total. The second-order valence-electron chi connectivity index (χ2n) is 9.13. The Hall–Kier alpha value is -4.03. The van der Waals surface area contributed by atoms with Crippen LogP contribution in [0.2, 0.25) is 5.02 Å². The number of nitrogens with zero attached hydrogens (tertiary/aromatic N) is 2. The summed E-state index contributed by atoms with van der Waals surface area (Å²) in [6, 6.07) is 19.2. The van der Waals surface area contributed by atoms with Crippen LogP contribution in [0.3, 0.4) is 0 Å². The van der Waals surface area contributed by atoms with E-state index in [1.807, 2.05) is 54.2 Å². The van der Waals surface area contributed by atoms with Crippen LogP contribution in [0.1, 0.15) is 29.2 Å². The number of carbonyl (C=O) groups is 2. The molecule has 1 saturated heterocycles. The molecule has 0 bridgehead atoms. The van der Waals surface area contributed by atoms with Crippen molar-refractivity contribution >= 4 is 45.6 Å². The van der Waals surface area contributed by atoms with E-state index in [1.165, 1.54) is 4.90 Å². The second-order valence-corrected chi connectivity index (χ2v) is 9.57. The van der Waals surface area contributed by atoms with Crippen molar-refractivity contribution in [1.82, 2.24) is 4.57 Å². The molecule has 1 amide bonds. The van der Waals surface area contributed by atoms with Gasteiger partial charge in [0.1, 0.15) is 11.5 Å². The zero-order valence-electron chi connectivity index (χ0n) is 19.6. The van der Waals surface area contributed by atoms with Crippen molar-refractivity contribution in [1.29, 1.82) is 0 Å². The highest BCUT2D eigenvalue weighted by Gasteiger charge is 2.48. The molecule has 2 aliphatic rings. The van der Waals surface area contributed by atoms with Crippen molar-refractivity contribution < 1.29 is 19.4 Å². The Kier molecular flexibility index (Phi) is 5.34. The maximum absolute atomic E-state index is 13.5. The highest BCUT2D eigenvalue weighted by atomic mass is 35.5. The highest BCUT2D eigenvalue weighted by Crippen LogP contribution is 2.45. The topological polar surface area (TPSA) is 71.8 Å². The minimum atomic E-state index is -0.815. The predicted molar refractivity (Wildman–Crippen MR) is 139 cm³/mol. The number of aromatic nitrogens is 1. The molecule has 36 heavy (non-hydrogen) atoms. The van der Waals surface area contributed by atoms with E-state index in [4.69, 9.17) is 16.3 Å². The molecule has 1 atom stereocenters. The Morgan fingerprint density at radius 2 is 1.83 bits per heavy atom. The zero-order valence-corrected chi connectivity index (χ0v) is 20.3. The van der Waals surface area contributed by atoms with Gasteiger partial charge in [-0.15, -0.1) is 0 Å². The lowest BCUT2D eigenvalue weighted by Gasteiger charge is -2.25. The molecule has 1 unspecified atom stereocenters. The van der Waals surface area contributed by atoms with E-state index in [1.54, 1.807) is 30.3 Å². The maximum Gasteiger partial charge on any atom is 0.300 e. The minimum Gasteiger partial charge on any atom is -0.507 e. The monoisotopic (exact) mass is 498 g/mol. The normalized spacial score (nSPS) is 18.9. The van der Waals surface area contributed by atoms with E-state index in [0.717, 1.165) is 40.6 Å². The fraction of sp³-hybridized carbons (Fsp3) is 0.172. The number of hydrogen-bond donors (Lipinski definition) is 1. The third-order valence-electron chi connectivity index (χ3n) is 6.95. The number of fused-ring (bicyclic) bond motifs is 2. The molecule has 6 nitrogen and oxygen atoms in total. The van der Waals surface area contributed by atoms with E-state index in [9.17, 15) is 14.7 Å². The van der Waals surface area contributed by atoms with Gasteiger partial charge in [-0.2, -0.15) is 0 Å². The van der Waals surface area contributed by atoms with E-state index in [0.29, 0.717) is 22.9 Å². The number of ketones is 1. The van der Waals surface area contributed by atoms with Gasteiger partial charge in [-0.25, -0.2) is 0 Å². The third-order valence-corrected chi connectivity index (χ3v) is 7.21. The standard InChI is InChI=1S/C29H23ClN2O4/c1-31-16-22(21-6-2-3-7-23(21)31)26-25(27(33)18-8-13-24-17(15-18)5-4-14-36-24)28(34)29(35)32(26)20-11-9-19(30)10-12-20/h2-3,6-13,15-16,26,33H,4-5,14H2,1H3/b27-25+. The van der Waals surface area contributed by atoms with Crippen molar-refractivity contribution in [3.63, 3.8) is 0 Å². The number of amides is 1. The number of hydrogen-bond acceptors (Lipinski definition) is 4. The van der Waals surface area contributed by atoms with Gasteiger partial charge in [0.05, 0.1) is 18.2 Å². The molecule has 4 aromatic rings. The number of aliphatic hydroxyl groups excluding tert-OH is 1. The molecule has 1 aromatic heterocycles. The average molecular weight is 499 g/mol. The molecular formula is C29H23ClN2O4. The van der Waals surface area contributed by atoms with E-state index < -0.39 is 17.7 Å². The first-order chi connectivity index (χ1) is 17.4. The Morgan fingerprint density at radius 1 is 1.06 bits per heavy atom. The van der Waals surface area contributed by atoms with Gasteiger partial charge in [-0.3, -0.25) is 14.5 Å². The summed E-state index contributed by atoms with van der Waals surface area (Å²) >= 11 is 6.10. The first-order valence-corrected chi connectivity index (χ1v) is 12.2. The van der Waals surface area contributed by atoms with Gasteiger partial charge in [0.2, 0.25) is 0 Å². The molecule has 6 rings (SSSR count). The van der Waals surface area contributed by atoms with Gasteiger partial charge in [-0.1, -0.05) is 29.8 Å². The number of rotatable bonds is 3. The van der Waals surface area contributed by atoms with Crippen molar-refractivity contribution in [2.24, 2.45) is 7.05 Å². The quantitative estimate of drug-likeness (QED) is 0.221. The van der Waals surface area contributed by atoms with Gasteiger partial charge >= 0.3 is 0 Å². The number of Topliss-reactive ketones (excluding diaryl/α,β-unsaturated/α-hetero) is 1. The number of anilines is 1. The van der Waals surface area contributed by atoms with Crippen LogP contribution in [0.15, 0.2) is 78.5 Å². The molecule has 7 heteroatoms. The molecule has 0 spiro atoms. The van der Waals surface area contributed by atoms with Crippen LogP contribution in [0, 0.1) is 0 Å². The van der Waals surface area contributed by atoms with E-state index >= 15 is 0 Å². The Morgan fingerprint density at radius 3 is 2.64 bits per heavy atom. The van der Waals surface area contributed by atoms with Gasteiger partial charge in [0.15, 0.2) is 0 Å². The van der Waals surface area contributed by atoms with Crippen LogP contribution in [-0.4, -0.2) is 28.0 Å². The third kappa shape index (κ3) is 3.48. The summed E-state index contributed by atoms with van der Waals surface area (Å²) in [6.45, 7) is 0.658. The zero-order chi connectivity index (χ0) is 25.0. The summed E-state index contributed by atoms with van der Waals surface area (Å²) in [7, 11) is 1.92. The number of benzene rings is 3.